The summed E-state index contributed by atoms with van der Waals surface area (Å²) < 4.78 is 11.4. The molecule has 1 unspecified atom stereocenters. The fourth-order valence-corrected chi connectivity index (χ4v) is 5.45. The van der Waals surface area contributed by atoms with Crippen molar-refractivity contribution >= 4 is 12.1 Å². The average molecular weight is 583 g/mol. The zero-order valence-electron chi connectivity index (χ0n) is 27.9. The molecule has 0 saturated heterocycles. The third-order valence-electron chi connectivity index (χ3n) is 8.15. The Bertz CT molecular complexity index is 562. The number of alkyl carbamates (subject to hydrolysis) is 1. The van der Waals surface area contributed by atoms with Crippen LogP contribution in [0.1, 0.15) is 175 Å². The number of carbonyl (C=O) groups is 2. The molecule has 0 aromatic heterocycles. The molecule has 6 nitrogen and oxygen atoms in total. The third kappa shape index (κ3) is 28.6. The smallest absolute Gasteiger partial charge is 0.407 e. The van der Waals surface area contributed by atoms with Crippen LogP contribution in [-0.2, 0) is 14.3 Å². The molecule has 0 fully saturated rings. The van der Waals surface area contributed by atoms with Crippen molar-refractivity contribution in [1.29, 1.82) is 0 Å². The Labute approximate surface area is 255 Å². The van der Waals surface area contributed by atoms with E-state index in [4.69, 9.17) is 9.47 Å². The van der Waals surface area contributed by atoms with Crippen LogP contribution < -0.4 is 10.6 Å². The molecule has 1 atom stereocenters. The summed E-state index contributed by atoms with van der Waals surface area (Å²) in [5.41, 5.74) is 0. The molecule has 0 rings (SSSR count). The second-order valence-corrected chi connectivity index (χ2v) is 12.1. The number of esters is 1. The van der Waals surface area contributed by atoms with Gasteiger partial charge in [-0.15, -0.1) is 0 Å². The van der Waals surface area contributed by atoms with Gasteiger partial charge < -0.3 is 20.1 Å². The molecule has 6 heteroatoms. The van der Waals surface area contributed by atoms with Gasteiger partial charge in [-0.3, -0.25) is 4.79 Å². The highest BCUT2D eigenvalue weighted by Crippen LogP contribution is 2.21. The van der Waals surface area contributed by atoms with E-state index in [1.165, 1.54) is 83.5 Å². The maximum absolute atomic E-state index is 12.3. The van der Waals surface area contributed by atoms with Gasteiger partial charge in [-0.05, 0) is 64.5 Å². The van der Waals surface area contributed by atoms with E-state index in [1.54, 1.807) is 0 Å². The molecule has 244 valence electrons. The number of carbonyl (C=O) groups excluding carboxylic acids is 2. The Hall–Kier alpha value is -1.30. The predicted molar refractivity (Wildman–Crippen MR) is 174 cm³/mol. The molecule has 0 radical (unpaired) electrons. The first-order valence-electron chi connectivity index (χ1n) is 17.8. The van der Waals surface area contributed by atoms with Crippen LogP contribution in [0.25, 0.3) is 0 Å². The molecule has 0 aromatic carbocycles. The fourth-order valence-electron chi connectivity index (χ4n) is 5.45. The summed E-state index contributed by atoms with van der Waals surface area (Å²) >= 11 is 0. The zero-order valence-corrected chi connectivity index (χ0v) is 27.9. The van der Waals surface area contributed by atoms with Crippen LogP contribution in [0.15, 0.2) is 0 Å². The molecular weight excluding hydrogens is 512 g/mol. The van der Waals surface area contributed by atoms with Gasteiger partial charge in [0, 0.05) is 13.0 Å². The Balaban J connectivity index is 4.11. The molecule has 0 spiro atoms. The lowest BCUT2D eigenvalue weighted by Gasteiger charge is -2.18. The summed E-state index contributed by atoms with van der Waals surface area (Å²) in [4.78, 5) is 24.5. The molecule has 1 amide bonds. The first-order valence-corrected chi connectivity index (χ1v) is 17.8. The van der Waals surface area contributed by atoms with Crippen molar-refractivity contribution in [2.75, 3.05) is 26.7 Å². The lowest BCUT2D eigenvalue weighted by atomic mass is 9.92. The molecule has 0 heterocycles. The van der Waals surface area contributed by atoms with Crippen molar-refractivity contribution in [2.45, 2.75) is 181 Å². The van der Waals surface area contributed by atoms with Gasteiger partial charge in [-0.2, -0.15) is 0 Å². The fraction of sp³-hybridized carbons (Fsp3) is 0.943. The van der Waals surface area contributed by atoms with Crippen LogP contribution in [-0.4, -0.2) is 44.9 Å². The van der Waals surface area contributed by atoms with E-state index in [1.807, 2.05) is 7.05 Å². The van der Waals surface area contributed by atoms with E-state index in [-0.39, 0.29) is 18.2 Å². The second-order valence-electron chi connectivity index (χ2n) is 12.1. The molecule has 0 bridgehead atoms. The highest BCUT2D eigenvalue weighted by atomic mass is 16.6. The van der Waals surface area contributed by atoms with E-state index in [2.05, 4.69) is 31.4 Å². The number of nitrogens with one attached hydrogen (secondary N) is 2. The van der Waals surface area contributed by atoms with Gasteiger partial charge in [-0.1, -0.05) is 124 Å². The SMILES string of the molecule is CCCCCCCCC(CCCCCCCC(=O)OCCC(CCCCC)CCCCC)OC(=O)NCCCNC. The van der Waals surface area contributed by atoms with Crippen molar-refractivity contribution in [2.24, 2.45) is 5.92 Å². The summed E-state index contributed by atoms with van der Waals surface area (Å²) in [6, 6.07) is 0. The number of hydrogen-bond acceptors (Lipinski definition) is 5. The second kappa shape index (κ2) is 31.6. The first-order chi connectivity index (χ1) is 20.1. The number of rotatable bonds is 31. The Morgan fingerprint density at radius 3 is 1.68 bits per heavy atom. The monoisotopic (exact) mass is 583 g/mol. The summed E-state index contributed by atoms with van der Waals surface area (Å²) in [6.07, 6.45) is 27.2. The maximum Gasteiger partial charge on any atom is 0.407 e. The summed E-state index contributed by atoms with van der Waals surface area (Å²) in [5, 5.41) is 5.99. The Kier molecular flexibility index (Phi) is 30.6. The van der Waals surface area contributed by atoms with Gasteiger partial charge in [-0.25, -0.2) is 4.79 Å². The van der Waals surface area contributed by atoms with Crippen molar-refractivity contribution in [3.63, 3.8) is 0 Å². The minimum absolute atomic E-state index is 0.00761. The molecule has 0 aromatic rings. The van der Waals surface area contributed by atoms with Gasteiger partial charge in [0.2, 0.25) is 0 Å². The van der Waals surface area contributed by atoms with Gasteiger partial charge in [0.15, 0.2) is 0 Å². The first kappa shape index (κ1) is 39.7. The number of hydrogen-bond donors (Lipinski definition) is 2. The largest absolute Gasteiger partial charge is 0.466 e. The van der Waals surface area contributed by atoms with Crippen LogP contribution in [0.3, 0.4) is 0 Å². The van der Waals surface area contributed by atoms with Crippen LogP contribution >= 0.6 is 0 Å². The van der Waals surface area contributed by atoms with Crippen LogP contribution in [0.5, 0.6) is 0 Å². The quantitative estimate of drug-likeness (QED) is 0.0628. The lowest BCUT2D eigenvalue weighted by molar-refractivity contribution is -0.144. The van der Waals surface area contributed by atoms with Crippen LogP contribution in [0, 0.1) is 5.92 Å². The van der Waals surface area contributed by atoms with Crippen molar-refractivity contribution in [3.8, 4) is 0 Å². The molecule has 41 heavy (non-hydrogen) atoms. The molecular formula is C35H70N2O4. The minimum atomic E-state index is -0.274. The third-order valence-corrected chi connectivity index (χ3v) is 8.15. The summed E-state index contributed by atoms with van der Waals surface area (Å²) in [7, 11) is 1.92. The van der Waals surface area contributed by atoms with Crippen molar-refractivity contribution in [3.05, 3.63) is 0 Å². The molecule has 0 saturated carbocycles. The molecule has 0 aliphatic rings. The van der Waals surface area contributed by atoms with Gasteiger partial charge in [0.25, 0.3) is 0 Å². The van der Waals surface area contributed by atoms with E-state index >= 15 is 0 Å². The normalized spacial score (nSPS) is 12.0. The predicted octanol–water partition coefficient (Wildman–Crippen LogP) is 9.88. The number of unbranched alkanes of at least 4 members (excludes halogenated alkanes) is 13. The summed E-state index contributed by atoms with van der Waals surface area (Å²) in [5.74, 6) is 0.679. The van der Waals surface area contributed by atoms with E-state index in [9.17, 15) is 9.59 Å². The maximum atomic E-state index is 12.3. The average Bonchev–Trinajstić information content (AvgIpc) is 2.96. The van der Waals surface area contributed by atoms with Crippen LogP contribution in [0.4, 0.5) is 4.79 Å². The number of amides is 1. The topological polar surface area (TPSA) is 76.7 Å². The summed E-state index contributed by atoms with van der Waals surface area (Å²) in [6.45, 7) is 8.87. The van der Waals surface area contributed by atoms with Gasteiger partial charge >= 0.3 is 12.1 Å². The Morgan fingerprint density at radius 1 is 0.585 bits per heavy atom. The zero-order chi connectivity index (χ0) is 30.2. The molecule has 0 aliphatic heterocycles. The Morgan fingerprint density at radius 2 is 1.10 bits per heavy atom. The van der Waals surface area contributed by atoms with Gasteiger partial charge in [0.05, 0.1) is 6.61 Å². The lowest BCUT2D eigenvalue weighted by Crippen LogP contribution is -2.31. The number of ether oxygens (including phenoxy) is 2. The minimum Gasteiger partial charge on any atom is -0.466 e. The van der Waals surface area contributed by atoms with E-state index < -0.39 is 0 Å². The molecule has 2 N–H and O–H groups in total. The van der Waals surface area contributed by atoms with E-state index in [0.717, 1.165) is 70.8 Å². The van der Waals surface area contributed by atoms with Crippen molar-refractivity contribution < 1.29 is 19.1 Å². The highest BCUT2D eigenvalue weighted by molar-refractivity contribution is 5.69. The highest BCUT2D eigenvalue weighted by Gasteiger charge is 2.14. The van der Waals surface area contributed by atoms with E-state index in [0.29, 0.717) is 25.5 Å². The molecule has 0 aliphatic carbocycles. The van der Waals surface area contributed by atoms with Crippen molar-refractivity contribution in [1.82, 2.24) is 10.6 Å². The van der Waals surface area contributed by atoms with Gasteiger partial charge in [0.1, 0.15) is 6.10 Å². The van der Waals surface area contributed by atoms with Crippen LogP contribution in [0.2, 0.25) is 0 Å². The standard InChI is InChI=1S/C35H70N2O4/c1-5-8-11-12-14-19-25-33(41-35(39)37-30-22-29-36-4)26-20-15-13-16-21-27-34(38)40-31-28-32(23-17-9-6-2)24-18-10-7-3/h32-33,36H,5-31H2,1-4H3,(H,37,39).